The Morgan fingerprint density at radius 3 is 2.48 bits per heavy atom. The van der Waals surface area contributed by atoms with Gasteiger partial charge in [0.25, 0.3) is 0 Å². The van der Waals surface area contributed by atoms with Crippen LogP contribution in [0.1, 0.15) is 11.3 Å². The van der Waals surface area contributed by atoms with Crippen molar-refractivity contribution in [3.05, 3.63) is 60.2 Å². The molecule has 0 amide bonds. The van der Waals surface area contributed by atoms with Gasteiger partial charge in [0, 0.05) is 44.1 Å². The lowest BCUT2D eigenvalue weighted by molar-refractivity contribution is 0.378. The molecule has 0 bridgehead atoms. The molecule has 0 aliphatic carbocycles. The molecule has 8 nitrogen and oxygen atoms in total. The second-order valence-corrected chi connectivity index (χ2v) is 6.71. The van der Waals surface area contributed by atoms with Crippen molar-refractivity contribution in [3.8, 4) is 11.5 Å². The number of hydrogen-bond acceptors (Lipinski definition) is 6. The molecule has 29 heavy (non-hydrogen) atoms. The zero-order valence-electron chi connectivity index (χ0n) is 16.2. The molecule has 0 spiro atoms. The van der Waals surface area contributed by atoms with E-state index in [0.29, 0.717) is 18.4 Å². The van der Waals surface area contributed by atoms with Crippen molar-refractivity contribution in [1.82, 2.24) is 19.9 Å². The molecule has 0 radical (unpaired) electrons. The van der Waals surface area contributed by atoms with Crippen LogP contribution in [0.2, 0.25) is 0 Å². The number of aryl methyl sites for hydroxylation is 1. The Hall–Kier alpha value is -2.69. The predicted octanol–water partition coefficient (Wildman–Crippen LogP) is 2.69. The molecule has 0 atom stereocenters. The highest BCUT2D eigenvalue weighted by molar-refractivity contribution is 14.0. The highest BCUT2D eigenvalue weighted by atomic mass is 127. The van der Waals surface area contributed by atoms with E-state index in [2.05, 4.69) is 36.7 Å². The van der Waals surface area contributed by atoms with Crippen molar-refractivity contribution in [1.29, 1.82) is 0 Å². The number of anilines is 1. The average molecular weight is 505 g/mol. The van der Waals surface area contributed by atoms with Crippen LogP contribution in [0.25, 0.3) is 11.5 Å². The van der Waals surface area contributed by atoms with E-state index in [-0.39, 0.29) is 24.0 Å². The van der Waals surface area contributed by atoms with Gasteiger partial charge in [-0.3, -0.25) is 0 Å². The fourth-order valence-corrected chi connectivity index (χ4v) is 3.06. The number of aromatic nitrogens is 3. The summed E-state index contributed by atoms with van der Waals surface area (Å²) >= 11 is 0. The van der Waals surface area contributed by atoms with Crippen molar-refractivity contribution in [3.63, 3.8) is 0 Å². The normalized spacial score (nSPS) is 14.6. The van der Waals surface area contributed by atoms with Crippen LogP contribution in [-0.2, 0) is 6.54 Å². The van der Waals surface area contributed by atoms with Gasteiger partial charge in [0.05, 0.1) is 6.54 Å². The van der Waals surface area contributed by atoms with Gasteiger partial charge in [0.1, 0.15) is 12.0 Å². The van der Waals surface area contributed by atoms with Crippen molar-refractivity contribution in [2.45, 2.75) is 13.5 Å². The summed E-state index contributed by atoms with van der Waals surface area (Å²) in [6.45, 7) is 5.61. The third kappa shape index (κ3) is 5.22. The van der Waals surface area contributed by atoms with Crippen LogP contribution in [0.3, 0.4) is 0 Å². The number of guanidine groups is 1. The van der Waals surface area contributed by atoms with Crippen LogP contribution in [0, 0.1) is 6.92 Å². The Kier molecular flexibility index (Phi) is 7.02. The first-order chi connectivity index (χ1) is 13.7. The van der Waals surface area contributed by atoms with Gasteiger partial charge in [-0.1, -0.05) is 17.7 Å². The van der Waals surface area contributed by atoms with Crippen LogP contribution in [0.4, 0.5) is 5.95 Å². The minimum Gasteiger partial charge on any atom is -0.444 e. The molecule has 152 valence electrons. The van der Waals surface area contributed by atoms with Crippen LogP contribution < -0.4 is 10.6 Å². The maximum absolute atomic E-state index is 6.18. The minimum atomic E-state index is 0. The molecular weight excluding hydrogens is 481 g/mol. The quantitative estimate of drug-likeness (QED) is 0.331. The summed E-state index contributed by atoms with van der Waals surface area (Å²) in [5.74, 6) is 1.87. The molecule has 3 heterocycles. The second kappa shape index (κ2) is 9.68. The SMILES string of the molecule is Cc1ccc(-c2nc(CN=C(N)N3CCN(c4ncccn4)CC3)co2)cc1.I. The van der Waals surface area contributed by atoms with Crippen molar-refractivity contribution in [2.24, 2.45) is 10.7 Å². The highest BCUT2D eigenvalue weighted by Gasteiger charge is 2.20. The lowest BCUT2D eigenvalue weighted by Gasteiger charge is -2.35. The monoisotopic (exact) mass is 505 g/mol. The van der Waals surface area contributed by atoms with E-state index < -0.39 is 0 Å². The fourth-order valence-electron chi connectivity index (χ4n) is 3.06. The molecule has 1 aromatic carbocycles. The van der Waals surface area contributed by atoms with E-state index in [1.165, 1.54) is 5.56 Å². The molecule has 1 aliphatic heterocycles. The van der Waals surface area contributed by atoms with E-state index in [1.807, 2.05) is 30.3 Å². The Morgan fingerprint density at radius 1 is 1.10 bits per heavy atom. The van der Waals surface area contributed by atoms with E-state index in [0.717, 1.165) is 43.4 Å². The first-order valence-electron chi connectivity index (χ1n) is 9.27. The summed E-state index contributed by atoms with van der Waals surface area (Å²) < 4.78 is 5.58. The first-order valence-corrected chi connectivity index (χ1v) is 9.27. The maximum atomic E-state index is 6.18. The molecule has 1 fully saturated rings. The molecule has 2 N–H and O–H groups in total. The third-order valence-corrected chi connectivity index (χ3v) is 4.69. The molecule has 1 aliphatic rings. The van der Waals surface area contributed by atoms with Gasteiger partial charge < -0.3 is 20.0 Å². The van der Waals surface area contributed by atoms with Gasteiger partial charge >= 0.3 is 0 Å². The molecule has 0 saturated carbocycles. The van der Waals surface area contributed by atoms with E-state index in [9.17, 15) is 0 Å². The van der Waals surface area contributed by atoms with E-state index in [1.54, 1.807) is 18.7 Å². The molecule has 2 aromatic heterocycles. The summed E-state index contributed by atoms with van der Waals surface area (Å²) in [5.41, 5.74) is 9.09. The number of aliphatic imine (C=N–C) groups is 1. The third-order valence-electron chi connectivity index (χ3n) is 4.69. The van der Waals surface area contributed by atoms with Gasteiger partial charge in [-0.25, -0.2) is 19.9 Å². The molecular formula is C20H24IN7O. The van der Waals surface area contributed by atoms with Gasteiger partial charge in [-0.15, -0.1) is 24.0 Å². The number of benzene rings is 1. The maximum Gasteiger partial charge on any atom is 0.226 e. The summed E-state index contributed by atoms with van der Waals surface area (Å²) in [4.78, 5) is 21.8. The smallest absolute Gasteiger partial charge is 0.226 e. The van der Waals surface area contributed by atoms with Crippen molar-refractivity contribution >= 4 is 35.9 Å². The Bertz CT molecular complexity index is 935. The first kappa shape index (κ1) is 21.0. The van der Waals surface area contributed by atoms with E-state index >= 15 is 0 Å². The van der Waals surface area contributed by atoms with E-state index in [4.69, 9.17) is 10.2 Å². The largest absolute Gasteiger partial charge is 0.444 e. The number of oxazole rings is 1. The van der Waals surface area contributed by atoms with Crippen LogP contribution >= 0.6 is 24.0 Å². The summed E-state index contributed by atoms with van der Waals surface area (Å²) in [7, 11) is 0. The summed E-state index contributed by atoms with van der Waals surface area (Å²) in [5, 5.41) is 0. The Morgan fingerprint density at radius 2 is 1.79 bits per heavy atom. The number of nitrogens with two attached hydrogens (primary N) is 1. The standard InChI is InChI=1S/C20H23N7O.HI/c1-15-3-5-16(6-4-15)18-25-17(14-28-18)13-24-19(21)26-9-11-27(12-10-26)20-22-7-2-8-23-20;/h2-8,14H,9-13H2,1H3,(H2,21,24);1H. The van der Waals surface area contributed by atoms with Crippen LogP contribution in [-0.4, -0.2) is 52.0 Å². The Balaban J connectivity index is 0.00000240. The van der Waals surface area contributed by atoms with Gasteiger partial charge in [-0.2, -0.15) is 0 Å². The molecule has 9 heteroatoms. The Labute approximate surface area is 186 Å². The second-order valence-electron chi connectivity index (χ2n) is 6.71. The number of halogens is 1. The lowest BCUT2D eigenvalue weighted by Crippen LogP contribution is -2.51. The fraction of sp³-hybridized carbons (Fsp3) is 0.300. The molecule has 3 aromatic rings. The zero-order valence-corrected chi connectivity index (χ0v) is 18.6. The number of rotatable bonds is 4. The number of hydrogen-bond donors (Lipinski definition) is 1. The van der Waals surface area contributed by atoms with Crippen LogP contribution in [0.15, 0.2) is 58.4 Å². The molecule has 4 rings (SSSR count). The van der Waals surface area contributed by atoms with Gasteiger partial charge in [-0.05, 0) is 25.1 Å². The van der Waals surface area contributed by atoms with Crippen LogP contribution in [0.5, 0.6) is 0 Å². The topological polar surface area (TPSA) is 96.7 Å². The summed E-state index contributed by atoms with van der Waals surface area (Å²) in [6, 6.07) is 9.89. The molecule has 1 saturated heterocycles. The number of piperazine rings is 1. The highest BCUT2D eigenvalue weighted by Crippen LogP contribution is 2.19. The zero-order chi connectivity index (χ0) is 19.3. The van der Waals surface area contributed by atoms with Gasteiger partial charge in [0.2, 0.25) is 11.8 Å². The number of nitrogens with zero attached hydrogens (tertiary/aromatic N) is 6. The summed E-state index contributed by atoms with van der Waals surface area (Å²) in [6.07, 6.45) is 5.15. The predicted molar refractivity (Wildman–Crippen MR) is 123 cm³/mol. The van der Waals surface area contributed by atoms with Crippen molar-refractivity contribution < 1.29 is 4.42 Å². The lowest BCUT2D eigenvalue weighted by atomic mass is 10.1. The minimum absolute atomic E-state index is 0. The average Bonchev–Trinajstić information content (AvgIpc) is 3.22. The van der Waals surface area contributed by atoms with Crippen molar-refractivity contribution in [2.75, 3.05) is 31.1 Å². The van der Waals surface area contributed by atoms with Gasteiger partial charge in [0.15, 0.2) is 5.96 Å². The molecule has 0 unspecified atom stereocenters.